The lowest BCUT2D eigenvalue weighted by molar-refractivity contribution is -0.410. The summed E-state index contributed by atoms with van der Waals surface area (Å²) in [4.78, 5) is 12.1. The normalized spacial score (nSPS) is 27.8. The van der Waals surface area contributed by atoms with Gasteiger partial charge in [0, 0.05) is 13.0 Å². The van der Waals surface area contributed by atoms with Gasteiger partial charge < -0.3 is 19.9 Å². The third-order valence-corrected chi connectivity index (χ3v) is 4.50. The van der Waals surface area contributed by atoms with Gasteiger partial charge in [-0.15, -0.1) is 0 Å². The molecule has 0 amide bonds. The lowest BCUT2D eigenvalue weighted by Crippen LogP contribution is -2.65. The van der Waals surface area contributed by atoms with Crippen LogP contribution in [-0.2, 0) is 14.3 Å². The van der Waals surface area contributed by atoms with Crippen LogP contribution in [0.2, 0.25) is 0 Å². The van der Waals surface area contributed by atoms with Crippen molar-refractivity contribution in [1.29, 1.82) is 0 Å². The standard InChI is InChI=1S/C20H31NO4/c1-5-9-23-19-15(4)24-20(22)17(21)7-6-8-18(19)25-16-11-13(2)10-14(3)12-16/h10-12,15,17-19H,5-9,21H2,1-4H3/p+1/t15-,17-,18-,19-/m0/s1. The number of hydrogen-bond donors (Lipinski definition) is 1. The fourth-order valence-corrected chi connectivity index (χ4v) is 3.29. The third kappa shape index (κ3) is 5.72. The van der Waals surface area contributed by atoms with Crippen LogP contribution < -0.4 is 10.5 Å². The van der Waals surface area contributed by atoms with Crippen molar-refractivity contribution < 1.29 is 24.7 Å². The molecule has 5 heteroatoms. The van der Waals surface area contributed by atoms with Gasteiger partial charge >= 0.3 is 5.97 Å². The zero-order valence-electron chi connectivity index (χ0n) is 15.9. The molecule has 0 aromatic heterocycles. The van der Waals surface area contributed by atoms with E-state index in [1.165, 1.54) is 11.1 Å². The molecule has 140 valence electrons. The molecule has 0 spiro atoms. The Morgan fingerprint density at radius 1 is 1.20 bits per heavy atom. The minimum atomic E-state index is -0.364. The summed E-state index contributed by atoms with van der Waals surface area (Å²) in [5.74, 6) is 0.598. The van der Waals surface area contributed by atoms with Gasteiger partial charge in [-0.2, -0.15) is 0 Å². The Kier molecular flexibility index (Phi) is 7.26. The monoisotopic (exact) mass is 350 g/mol. The molecule has 1 aromatic carbocycles. The van der Waals surface area contributed by atoms with Gasteiger partial charge in [-0.25, -0.2) is 4.79 Å². The van der Waals surface area contributed by atoms with Gasteiger partial charge in [-0.05, 0) is 63.3 Å². The summed E-state index contributed by atoms with van der Waals surface area (Å²) in [6, 6.07) is 5.88. The van der Waals surface area contributed by atoms with Crippen LogP contribution in [0.1, 0.15) is 50.7 Å². The molecule has 4 atom stereocenters. The van der Waals surface area contributed by atoms with Crippen molar-refractivity contribution in [2.75, 3.05) is 6.61 Å². The van der Waals surface area contributed by atoms with E-state index in [0.717, 1.165) is 25.0 Å². The lowest BCUT2D eigenvalue weighted by Gasteiger charge is -2.31. The highest BCUT2D eigenvalue weighted by Gasteiger charge is 2.35. The van der Waals surface area contributed by atoms with E-state index in [0.29, 0.717) is 13.0 Å². The van der Waals surface area contributed by atoms with E-state index in [9.17, 15) is 4.79 Å². The maximum atomic E-state index is 12.1. The summed E-state index contributed by atoms with van der Waals surface area (Å²) in [6.45, 7) is 8.69. The molecule has 1 aromatic rings. The first-order chi connectivity index (χ1) is 11.9. The Bertz CT molecular complexity index is 555. The highest BCUT2D eigenvalue weighted by Crippen LogP contribution is 2.25. The quantitative estimate of drug-likeness (QED) is 0.829. The fraction of sp³-hybridized carbons (Fsp3) is 0.650. The molecule has 25 heavy (non-hydrogen) atoms. The van der Waals surface area contributed by atoms with Crippen LogP contribution >= 0.6 is 0 Å². The van der Waals surface area contributed by atoms with E-state index >= 15 is 0 Å². The maximum Gasteiger partial charge on any atom is 0.365 e. The predicted molar refractivity (Wildman–Crippen MR) is 96.4 cm³/mol. The highest BCUT2D eigenvalue weighted by molar-refractivity contribution is 5.74. The Morgan fingerprint density at radius 3 is 2.52 bits per heavy atom. The summed E-state index contributed by atoms with van der Waals surface area (Å²) in [5.41, 5.74) is 6.26. The van der Waals surface area contributed by atoms with Crippen molar-refractivity contribution in [1.82, 2.24) is 0 Å². The van der Waals surface area contributed by atoms with Crippen molar-refractivity contribution in [2.45, 2.75) is 77.7 Å². The van der Waals surface area contributed by atoms with Crippen molar-refractivity contribution in [3.63, 3.8) is 0 Å². The van der Waals surface area contributed by atoms with Crippen LogP contribution in [0.4, 0.5) is 0 Å². The Hall–Kier alpha value is -1.59. The molecule has 0 bridgehead atoms. The number of carbonyl (C=O) groups is 1. The first-order valence-corrected chi connectivity index (χ1v) is 9.30. The molecule has 0 aliphatic carbocycles. The first-order valence-electron chi connectivity index (χ1n) is 9.30. The number of esters is 1. The minimum absolute atomic E-state index is 0.152. The Balaban J connectivity index is 2.23. The van der Waals surface area contributed by atoms with E-state index in [1.807, 2.05) is 19.1 Å². The number of carbonyl (C=O) groups excluding carboxylic acids is 1. The van der Waals surface area contributed by atoms with Crippen molar-refractivity contribution >= 4 is 5.97 Å². The van der Waals surface area contributed by atoms with Gasteiger partial charge in [-0.1, -0.05) is 13.0 Å². The van der Waals surface area contributed by atoms with Gasteiger partial charge in [0.2, 0.25) is 0 Å². The van der Waals surface area contributed by atoms with Crippen LogP contribution in [0.25, 0.3) is 0 Å². The molecule has 0 saturated carbocycles. The predicted octanol–water partition coefficient (Wildman–Crippen LogP) is 2.57. The van der Waals surface area contributed by atoms with Crippen molar-refractivity contribution in [3.8, 4) is 5.75 Å². The molecule has 2 rings (SSSR count). The largest absolute Gasteiger partial charge is 0.488 e. The molecular formula is C20H32NO4+. The molecule has 1 saturated heterocycles. The molecule has 0 unspecified atom stereocenters. The van der Waals surface area contributed by atoms with Crippen molar-refractivity contribution in [3.05, 3.63) is 29.3 Å². The van der Waals surface area contributed by atoms with Gasteiger partial charge in [0.05, 0.1) is 0 Å². The number of quaternary nitrogens is 1. The van der Waals surface area contributed by atoms with Gasteiger partial charge in [-0.3, -0.25) is 0 Å². The SMILES string of the molecule is CCCO[C@H]1[C@H](C)OC(=O)[C@@H]([NH3+])CCC[C@@H]1Oc1cc(C)cc(C)c1. The fourth-order valence-electron chi connectivity index (χ4n) is 3.29. The number of hydrogen-bond acceptors (Lipinski definition) is 4. The smallest absolute Gasteiger partial charge is 0.365 e. The molecule has 1 aliphatic rings. The number of benzene rings is 1. The van der Waals surface area contributed by atoms with Gasteiger partial charge in [0.1, 0.15) is 24.1 Å². The average molecular weight is 350 g/mol. The molecule has 3 N–H and O–H groups in total. The zero-order chi connectivity index (χ0) is 18.4. The van der Waals surface area contributed by atoms with Crippen LogP contribution in [0.15, 0.2) is 18.2 Å². The number of rotatable bonds is 5. The highest BCUT2D eigenvalue weighted by atomic mass is 16.6. The molecule has 0 radical (unpaired) electrons. The number of aryl methyl sites for hydroxylation is 2. The molecule has 1 heterocycles. The Morgan fingerprint density at radius 2 is 1.88 bits per heavy atom. The van der Waals surface area contributed by atoms with E-state index in [4.69, 9.17) is 14.2 Å². The topological polar surface area (TPSA) is 72.4 Å². The number of cyclic esters (lactones) is 1. The van der Waals surface area contributed by atoms with E-state index < -0.39 is 0 Å². The van der Waals surface area contributed by atoms with Crippen molar-refractivity contribution in [2.24, 2.45) is 0 Å². The van der Waals surface area contributed by atoms with Crippen LogP contribution in [0.3, 0.4) is 0 Å². The van der Waals surface area contributed by atoms with E-state index in [-0.39, 0.29) is 30.3 Å². The lowest BCUT2D eigenvalue weighted by atomic mass is 10.0. The molecule has 1 aliphatic heterocycles. The second-order valence-electron chi connectivity index (χ2n) is 7.08. The summed E-state index contributed by atoms with van der Waals surface area (Å²) >= 11 is 0. The maximum absolute atomic E-state index is 12.1. The summed E-state index contributed by atoms with van der Waals surface area (Å²) in [7, 11) is 0. The number of ether oxygens (including phenoxy) is 3. The molecular weight excluding hydrogens is 318 g/mol. The zero-order valence-corrected chi connectivity index (χ0v) is 15.9. The van der Waals surface area contributed by atoms with Crippen LogP contribution in [0, 0.1) is 13.8 Å². The Labute approximate surface area is 150 Å². The molecule has 1 fully saturated rings. The average Bonchev–Trinajstić information content (AvgIpc) is 2.57. The second kappa shape index (κ2) is 9.20. The van der Waals surface area contributed by atoms with Gasteiger partial charge in [0.25, 0.3) is 0 Å². The molecule has 5 nitrogen and oxygen atoms in total. The first kappa shape index (κ1) is 19.7. The second-order valence-corrected chi connectivity index (χ2v) is 7.08. The third-order valence-electron chi connectivity index (χ3n) is 4.50. The van der Waals surface area contributed by atoms with Crippen LogP contribution in [-0.4, -0.2) is 36.9 Å². The van der Waals surface area contributed by atoms with E-state index in [1.54, 1.807) is 0 Å². The van der Waals surface area contributed by atoms with Crippen LogP contribution in [0.5, 0.6) is 5.75 Å². The minimum Gasteiger partial charge on any atom is -0.488 e. The summed E-state index contributed by atoms with van der Waals surface area (Å²) in [6.07, 6.45) is 2.49. The van der Waals surface area contributed by atoms with E-state index in [2.05, 4.69) is 32.6 Å². The summed E-state index contributed by atoms with van der Waals surface area (Å²) < 4.78 is 18.0. The van der Waals surface area contributed by atoms with Gasteiger partial charge in [0.15, 0.2) is 6.04 Å². The summed E-state index contributed by atoms with van der Waals surface area (Å²) in [5, 5.41) is 0.